The molecule has 2 rings (SSSR count). The van der Waals surface area contributed by atoms with E-state index in [1.54, 1.807) is 11.0 Å². The molecule has 0 aliphatic carbocycles. The van der Waals surface area contributed by atoms with Crippen LogP contribution >= 0.6 is 0 Å². The SMILES string of the molecule is C=CCC(=O)N(c1ccc(C)cc1)c1ccc(C)cc1. The van der Waals surface area contributed by atoms with Crippen molar-refractivity contribution in [3.05, 3.63) is 72.3 Å². The van der Waals surface area contributed by atoms with Crippen molar-refractivity contribution < 1.29 is 4.79 Å². The van der Waals surface area contributed by atoms with Crippen molar-refractivity contribution in [3.8, 4) is 0 Å². The molecule has 0 atom stereocenters. The molecule has 2 heteroatoms. The van der Waals surface area contributed by atoms with E-state index in [-0.39, 0.29) is 5.91 Å². The highest BCUT2D eigenvalue weighted by Crippen LogP contribution is 2.27. The van der Waals surface area contributed by atoms with Crippen LogP contribution in [0.3, 0.4) is 0 Å². The molecule has 2 aromatic carbocycles. The Kier molecular flexibility index (Phi) is 4.36. The number of hydrogen-bond acceptors (Lipinski definition) is 1. The van der Waals surface area contributed by atoms with Gasteiger partial charge in [-0.05, 0) is 38.1 Å². The largest absolute Gasteiger partial charge is 0.281 e. The van der Waals surface area contributed by atoms with Crippen molar-refractivity contribution in [3.63, 3.8) is 0 Å². The molecule has 0 aliphatic rings. The second-order valence-corrected chi connectivity index (χ2v) is 4.89. The Morgan fingerprint density at radius 2 is 1.35 bits per heavy atom. The van der Waals surface area contributed by atoms with E-state index in [0.717, 1.165) is 11.4 Å². The molecule has 0 aromatic heterocycles. The quantitative estimate of drug-likeness (QED) is 0.743. The maximum Gasteiger partial charge on any atom is 0.235 e. The first-order valence-corrected chi connectivity index (χ1v) is 6.69. The van der Waals surface area contributed by atoms with E-state index in [1.165, 1.54) is 11.1 Å². The molecular formula is C18H19NO. The van der Waals surface area contributed by atoms with Gasteiger partial charge < -0.3 is 0 Å². The molecule has 1 amide bonds. The van der Waals surface area contributed by atoms with Gasteiger partial charge in [0.05, 0.1) is 0 Å². The molecule has 0 saturated carbocycles. The summed E-state index contributed by atoms with van der Waals surface area (Å²) in [7, 11) is 0. The van der Waals surface area contributed by atoms with Gasteiger partial charge in [0, 0.05) is 17.8 Å². The van der Waals surface area contributed by atoms with Crippen LogP contribution in [0, 0.1) is 13.8 Å². The number of carbonyl (C=O) groups is 1. The molecule has 0 spiro atoms. The zero-order valence-electron chi connectivity index (χ0n) is 12.0. The Balaban J connectivity index is 2.43. The van der Waals surface area contributed by atoms with Crippen LogP contribution in [0.2, 0.25) is 0 Å². The lowest BCUT2D eigenvalue weighted by molar-refractivity contribution is -0.117. The van der Waals surface area contributed by atoms with Gasteiger partial charge in [-0.3, -0.25) is 9.69 Å². The summed E-state index contributed by atoms with van der Waals surface area (Å²) in [5, 5.41) is 0. The van der Waals surface area contributed by atoms with Gasteiger partial charge >= 0.3 is 0 Å². The Bertz CT molecular complexity index is 551. The molecule has 0 bridgehead atoms. The van der Waals surface area contributed by atoms with Crippen LogP contribution in [0.5, 0.6) is 0 Å². The number of nitrogens with zero attached hydrogens (tertiary/aromatic N) is 1. The fourth-order valence-corrected chi connectivity index (χ4v) is 2.04. The summed E-state index contributed by atoms with van der Waals surface area (Å²) in [6.07, 6.45) is 1.96. The monoisotopic (exact) mass is 265 g/mol. The van der Waals surface area contributed by atoms with Crippen LogP contribution in [0.1, 0.15) is 17.5 Å². The number of aryl methyl sites for hydroxylation is 2. The van der Waals surface area contributed by atoms with Crippen LogP contribution in [0.25, 0.3) is 0 Å². The molecule has 102 valence electrons. The molecule has 2 aromatic rings. The Labute approximate surface area is 120 Å². The number of rotatable bonds is 4. The van der Waals surface area contributed by atoms with Gasteiger partial charge in [0.2, 0.25) is 5.91 Å². The number of anilines is 2. The zero-order chi connectivity index (χ0) is 14.5. The molecule has 0 aliphatic heterocycles. The summed E-state index contributed by atoms with van der Waals surface area (Å²) in [5.74, 6) is 0.0210. The lowest BCUT2D eigenvalue weighted by Crippen LogP contribution is -2.25. The summed E-state index contributed by atoms with van der Waals surface area (Å²) in [4.78, 5) is 14.1. The molecule has 0 fully saturated rings. The standard InChI is InChI=1S/C18H19NO/c1-4-5-18(20)19(16-10-6-14(2)7-11-16)17-12-8-15(3)9-13-17/h4,6-13H,1,5H2,2-3H3. The highest BCUT2D eigenvalue weighted by atomic mass is 16.2. The smallest absolute Gasteiger partial charge is 0.235 e. The second-order valence-electron chi connectivity index (χ2n) is 4.89. The molecular weight excluding hydrogens is 246 g/mol. The minimum atomic E-state index is 0.0210. The van der Waals surface area contributed by atoms with E-state index in [2.05, 4.69) is 6.58 Å². The van der Waals surface area contributed by atoms with E-state index >= 15 is 0 Å². The van der Waals surface area contributed by atoms with Gasteiger partial charge in [0.1, 0.15) is 0 Å². The van der Waals surface area contributed by atoms with E-state index < -0.39 is 0 Å². The summed E-state index contributed by atoms with van der Waals surface area (Å²) < 4.78 is 0. The number of carbonyl (C=O) groups excluding carboxylic acids is 1. The van der Waals surface area contributed by atoms with Crippen molar-refractivity contribution in [2.75, 3.05) is 4.90 Å². The lowest BCUT2D eigenvalue weighted by atomic mass is 10.1. The average Bonchev–Trinajstić information content (AvgIpc) is 2.44. The first kappa shape index (κ1) is 14.1. The summed E-state index contributed by atoms with van der Waals surface area (Å²) in [5.41, 5.74) is 4.11. The van der Waals surface area contributed by atoms with Crippen LogP contribution < -0.4 is 4.90 Å². The normalized spacial score (nSPS) is 10.1. The molecule has 0 heterocycles. The summed E-state index contributed by atoms with van der Waals surface area (Å²) in [6, 6.07) is 15.9. The number of hydrogen-bond donors (Lipinski definition) is 0. The molecule has 20 heavy (non-hydrogen) atoms. The van der Waals surface area contributed by atoms with Crippen molar-refractivity contribution >= 4 is 17.3 Å². The van der Waals surface area contributed by atoms with Gasteiger partial charge in [0.15, 0.2) is 0 Å². The van der Waals surface area contributed by atoms with E-state index in [0.29, 0.717) is 6.42 Å². The van der Waals surface area contributed by atoms with Crippen LogP contribution in [0.15, 0.2) is 61.2 Å². The molecule has 0 saturated heterocycles. The average molecular weight is 265 g/mol. The third-order valence-corrected chi connectivity index (χ3v) is 3.15. The lowest BCUT2D eigenvalue weighted by Gasteiger charge is -2.23. The van der Waals surface area contributed by atoms with Crippen LogP contribution in [-0.2, 0) is 4.79 Å². The van der Waals surface area contributed by atoms with Crippen molar-refractivity contribution in [1.29, 1.82) is 0 Å². The van der Waals surface area contributed by atoms with Gasteiger partial charge in [-0.25, -0.2) is 0 Å². The van der Waals surface area contributed by atoms with E-state index in [9.17, 15) is 4.79 Å². The Hall–Kier alpha value is -2.35. The highest BCUT2D eigenvalue weighted by Gasteiger charge is 2.16. The van der Waals surface area contributed by atoms with E-state index in [4.69, 9.17) is 0 Å². The van der Waals surface area contributed by atoms with Crippen LogP contribution in [0.4, 0.5) is 11.4 Å². The highest BCUT2D eigenvalue weighted by molar-refractivity contribution is 6.01. The fraction of sp³-hybridized carbons (Fsp3) is 0.167. The fourth-order valence-electron chi connectivity index (χ4n) is 2.04. The predicted octanol–water partition coefficient (Wildman–Crippen LogP) is 4.54. The predicted molar refractivity (Wildman–Crippen MR) is 84.3 cm³/mol. The third kappa shape index (κ3) is 3.15. The second kappa shape index (κ2) is 6.20. The molecule has 0 unspecified atom stereocenters. The number of benzene rings is 2. The minimum absolute atomic E-state index is 0.0210. The van der Waals surface area contributed by atoms with Crippen LogP contribution in [-0.4, -0.2) is 5.91 Å². The summed E-state index contributed by atoms with van der Waals surface area (Å²) >= 11 is 0. The van der Waals surface area contributed by atoms with Gasteiger partial charge in [-0.2, -0.15) is 0 Å². The first-order valence-electron chi connectivity index (χ1n) is 6.69. The third-order valence-electron chi connectivity index (χ3n) is 3.15. The summed E-state index contributed by atoms with van der Waals surface area (Å²) in [6.45, 7) is 7.72. The zero-order valence-corrected chi connectivity index (χ0v) is 12.0. The molecule has 0 radical (unpaired) electrons. The van der Waals surface area contributed by atoms with Gasteiger partial charge in [-0.15, -0.1) is 6.58 Å². The first-order chi connectivity index (χ1) is 9.61. The van der Waals surface area contributed by atoms with Crippen molar-refractivity contribution in [2.45, 2.75) is 20.3 Å². The topological polar surface area (TPSA) is 20.3 Å². The van der Waals surface area contributed by atoms with Crippen molar-refractivity contribution in [2.24, 2.45) is 0 Å². The molecule has 0 N–H and O–H groups in total. The Morgan fingerprint density at radius 1 is 0.950 bits per heavy atom. The Morgan fingerprint density at radius 3 is 1.70 bits per heavy atom. The van der Waals surface area contributed by atoms with Crippen molar-refractivity contribution in [1.82, 2.24) is 0 Å². The van der Waals surface area contributed by atoms with Gasteiger partial charge in [-0.1, -0.05) is 41.5 Å². The van der Waals surface area contributed by atoms with E-state index in [1.807, 2.05) is 62.4 Å². The minimum Gasteiger partial charge on any atom is -0.281 e. The maximum atomic E-state index is 12.4. The maximum absolute atomic E-state index is 12.4. The molecule has 2 nitrogen and oxygen atoms in total. The van der Waals surface area contributed by atoms with Gasteiger partial charge in [0.25, 0.3) is 0 Å². The number of amides is 1.